The highest BCUT2D eigenvalue weighted by Gasteiger charge is 2.49. The maximum Gasteiger partial charge on any atom is 0.321 e. The van der Waals surface area contributed by atoms with E-state index in [0.29, 0.717) is 19.1 Å². The Morgan fingerprint density at radius 2 is 2.20 bits per heavy atom. The summed E-state index contributed by atoms with van der Waals surface area (Å²) >= 11 is 0. The van der Waals surface area contributed by atoms with Gasteiger partial charge in [-0.1, -0.05) is 6.42 Å². The summed E-state index contributed by atoms with van der Waals surface area (Å²) in [7, 11) is 1.58. The van der Waals surface area contributed by atoms with Crippen LogP contribution in [0.25, 0.3) is 0 Å². The molecule has 2 fully saturated rings. The zero-order valence-electron chi connectivity index (χ0n) is 12.2. The number of nitrogens with zero attached hydrogens (tertiary/aromatic N) is 1. The molecule has 0 aromatic heterocycles. The summed E-state index contributed by atoms with van der Waals surface area (Å²) in [4.78, 5) is 25.5. The van der Waals surface area contributed by atoms with Crippen LogP contribution in [-0.2, 0) is 14.3 Å². The van der Waals surface area contributed by atoms with E-state index in [0.717, 1.165) is 25.8 Å². The molecule has 1 aliphatic carbocycles. The van der Waals surface area contributed by atoms with Crippen LogP contribution in [0.15, 0.2) is 0 Å². The number of fused-ring (bicyclic) bond motifs is 1. The fourth-order valence-corrected chi connectivity index (χ4v) is 3.64. The van der Waals surface area contributed by atoms with Gasteiger partial charge in [0.05, 0.1) is 12.6 Å². The van der Waals surface area contributed by atoms with Crippen molar-refractivity contribution >= 4 is 11.9 Å². The van der Waals surface area contributed by atoms with Gasteiger partial charge in [0.15, 0.2) is 0 Å². The Morgan fingerprint density at radius 1 is 1.45 bits per heavy atom. The molecule has 1 saturated heterocycles. The number of hydrogen-bond acceptors (Lipinski definition) is 4. The zero-order chi connectivity index (χ0) is 14.7. The number of carbonyl (C=O) groups is 2. The summed E-state index contributed by atoms with van der Waals surface area (Å²) in [5.74, 6) is -0.267. The maximum atomic E-state index is 12.1. The molecular weight excluding hydrogens is 260 g/mol. The molecule has 114 valence electrons. The van der Waals surface area contributed by atoms with Gasteiger partial charge in [-0.3, -0.25) is 14.5 Å². The quantitative estimate of drug-likeness (QED) is 0.687. The number of carboxylic acid groups (broad SMARTS) is 1. The van der Waals surface area contributed by atoms with Crippen molar-refractivity contribution in [1.82, 2.24) is 10.2 Å². The smallest absolute Gasteiger partial charge is 0.321 e. The molecule has 2 N–H and O–H groups in total. The van der Waals surface area contributed by atoms with Crippen molar-refractivity contribution in [1.29, 1.82) is 0 Å². The van der Waals surface area contributed by atoms with Crippen molar-refractivity contribution < 1.29 is 19.4 Å². The molecule has 4 unspecified atom stereocenters. The van der Waals surface area contributed by atoms with E-state index < -0.39 is 18.1 Å². The molecule has 6 heteroatoms. The average molecular weight is 284 g/mol. The van der Waals surface area contributed by atoms with Crippen molar-refractivity contribution in [3.8, 4) is 0 Å². The van der Waals surface area contributed by atoms with Crippen molar-refractivity contribution in [2.45, 2.75) is 38.3 Å². The minimum absolute atomic E-state index is 0.117. The molecule has 4 atom stereocenters. The first kappa shape index (κ1) is 15.3. The molecule has 0 bridgehead atoms. The van der Waals surface area contributed by atoms with Gasteiger partial charge in [-0.2, -0.15) is 0 Å². The van der Waals surface area contributed by atoms with Gasteiger partial charge < -0.3 is 15.2 Å². The van der Waals surface area contributed by atoms with Crippen LogP contribution in [-0.4, -0.2) is 60.8 Å². The van der Waals surface area contributed by atoms with Crippen LogP contribution in [0.5, 0.6) is 0 Å². The van der Waals surface area contributed by atoms with Gasteiger partial charge in [0, 0.05) is 20.2 Å². The molecule has 0 spiro atoms. The van der Waals surface area contributed by atoms with E-state index in [2.05, 4.69) is 5.32 Å². The van der Waals surface area contributed by atoms with Gasteiger partial charge in [-0.15, -0.1) is 0 Å². The molecule has 1 aliphatic heterocycles. The van der Waals surface area contributed by atoms with Crippen LogP contribution in [0.3, 0.4) is 0 Å². The molecule has 0 radical (unpaired) electrons. The monoisotopic (exact) mass is 284 g/mol. The third-order valence-corrected chi connectivity index (χ3v) is 4.66. The van der Waals surface area contributed by atoms with Crippen LogP contribution in [0.2, 0.25) is 0 Å². The maximum absolute atomic E-state index is 12.1. The van der Waals surface area contributed by atoms with Gasteiger partial charge >= 0.3 is 5.97 Å². The number of hydrogen-bond donors (Lipinski definition) is 2. The predicted octanol–water partition coefficient (Wildman–Crippen LogP) is 0.323. The highest BCUT2D eigenvalue weighted by Crippen LogP contribution is 2.42. The SMILES string of the molecule is COCCNC(=O)C(C)N1CC2CCCC2C1C(=O)O. The summed E-state index contributed by atoms with van der Waals surface area (Å²) in [6, 6.07) is -0.913. The molecule has 1 amide bonds. The second-order valence-electron chi connectivity index (χ2n) is 5.79. The molecule has 1 heterocycles. The van der Waals surface area contributed by atoms with Crippen LogP contribution in [0.1, 0.15) is 26.2 Å². The van der Waals surface area contributed by atoms with E-state index in [9.17, 15) is 14.7 Å². The summed E-state index contributed by atoms with van der Waals surface area (Å²) in [6.07, 6.45) is 3.17. The lowest BCUT2D eigenvalue weighted by atomic mass is 9.94. The van der Waals surface area contributed by atoms with Crippen molar-refractivity contribution in [2.75, 3.05) is 26.8 Å². The van der Waals surface area contributed by atoms with Crippen molar-refractivity contribution in [3.63, 3.8) is 0 Å². The summed E-state index contributed by atoms with van der Waals surface area (Å²) in [6.45, 7) is 3.43. The van der Waals surface area contributed by atoms with Crippen molar-refractivity contribution in [2.24, 2.45) is 11.8 Å². The fourth-order valence-electron chi connectivity index (χ4n) is 3.64. The first-order chi connectivity index (χ1) is 9.56. The number of carbonyl (C=O) groups excluding carboxylic acids is 1. The van der Waals surface area contributed by atoms with E-state index in [4.69, 9.17) is 4.74 Å². The van der Waals surface area contributed by atoms with Gasteiger partial charge in [-0.05, 0) is 31.6 Å². The van der Waals surface area contributed by atoms with Gasteiger partial charge in [0.2, 0.25) is 5.91 Å². The predicted molar refractivity (Wildman–Crippen MR) is 73.3 cm³/mol. The summed E-state index contributed by atoms with van der Waals surface area (Å²) < 4.78 is 4.90. The van der Waals surface area contributed by atoms with E-state index >= 15 is 0 Å². The minimum Gasteiger partial charge on any atom is -0.480 e. The zero-order valence-corrected chi connectivity index (χ0v) is 12.2. The number of methoxy groups -OCH3 is 1. The summed E-state index contributed by atoms with van der Waals surface area (Å²) in [5, 5.41) is 12.3. The number of aliphatic carboxylic acids is 1. The van der Waals surface area contributed by atoms with E-state index in [-0.39, 0.29) is 11.8 Å². The molecule has 2 aliphatic rings. The first-order valence-electron chi connectivity index (χ1n) is 7.31. The van der Waals surface area contributed by atoms with Crippen LogP contribution in [0.4, 0.5) is 0 Å². The molecule has 6 nitrogen and oxygen atoms in total. The number of rotatable bonds is 6. The van der Waals surface area contributed by atoms with Crippen LogP contribution >= 0.6 is 0 Å². The van der Waals surface area contributed by atoms with E-state index in [1.807, 2.05) is 4.90 Å². The third-order valence-electron chi connectivity index (χ3n) is 4.66. The highest BCUT2D eigenvalue weighted by atomic mass is 16.5. The van der Waals surface area contributed by atoms with Crippen LogP contribution < -0.4 is 5.32 Å². The Hall–Kier alpha value is -1.14. The van der Waals surface area contributed by atoms with Gasteiger partial charge in [0.25, 0.3) is 0 Å². The molecule has 2 rings (SSSR count). The Bertz CT molecular complexity index is 374. The Kier molecular flexibility index (Phi) is 4.99. The van der Waals surface area contributed by atoms with Gasteiger partial charge in [0.1, 0.15) is 6.04 Å². The lowest BCUT2D eigenvalue weighted by Gasteiger charge is -2.29. The largest absolute Gasteiger partial charge is 0.480 e. The van der Waals surface area contributed by atoms with Crippen LogP contribution in [0, 0.1) is 11.8 Å². The van der Waals surface area contributed by atoms with E-state index in [1.165, 1.54) is 0 Å². The molecule has 0 aromatic rings. The number of ether oxygens (including phenoxy) is 1. The number of likely N-dealkylation sites (tertiary alicyclic amines) is 1. The lowest BCUT2D eigenvalue weighted by molar-refractivity contribution is -0.145. The van der Waals surface area contributed by atoms with Gasteiger partial charge in [-0.25, -0.2) is 0 Å². The first-order valence-corrected chi connectivity index (χ1v) is 7.31. The van der Waals surface area contributed by atoms with E-state index in [1.54, 1.807) is 14.0 Å². The second kappa shape index (κ2) is 6.54. The number of amides is 1. The highest BCUT2D eigenvalue weighted by molar-refractivity contribution is 5.83. The Labute approximate surface area is 119 Å². The number of carboxylic acids is 1. The lowest BCUT2D eigenvalue weighted by Crippen LogP contribution is -2.51. The third kappa shape index (κ3) is 2.96. The molecule has 1 saturated carbocycles. The topological polar surface area (TPSA) is 78.9 Å². The standard InChI is InChI=1S/C14H24N2O4/c1-9(13(17)15-6-7-20-2)16-8-10-4-3-5-11(10)12(16)14(18)19/h9-12H,3-8H2,1-2H3,(H,15,17)(H,18,19). The Morgan fingerprint density at radius 3 is 2.85 bits per heavy atom. The normalized spacial score (nSPS) is 31.0. The summed E-state index contributed by atoms with van der Waals surface area (Å²) in [5.41, 5.74) is 0. The second-order valence-corrected chi connectivity index (χ2v) is 5.79. The Balaban J connectivity index is 1.99. The minimum atomic E-state index is -0.795. The fraction of sp³-hybridized carbons (Fsp3) is 0.857. The number of nitrogens with one attached hydrogen (secondary N) is 1. The van der Waals surface area contributed by atoms with Crippen molar-refractivity contribution in [3.05, 3.63) is 0 Å². The molecular formula is C14H24N2O4. The molecule has 0 aromatic carbocycles. The molecule has 20 heavy (non-hydrogen) atoms. The average Bonchev–Trinajstić information content (AvgIpc) is 2.97.